The minimum Gasteiger partial charge on any atom is -0.456 e. The maximum Gasteiger partial charge on any atom is 0.160 e. The van der Waals surface area contributed by atoms with E-state index >= 15 is 0 Å². The molecule has 0 aliphatic carbocycles. The highest BCUT2D eigenvalue weighted by Gasteiger charge is 2.14. The second-order valence-corrected chi connectivity index (χ2v) is 4.39. The molecule has 0 saturated heterocycles. The highest BCUT2D eigenvalue weighted by Crippen LogP contribution is 2.30. The number of Topliss-reactive ketones (excluding diaryl/α,β-unsaturated/α-hetero) is 1. The van der Waals surface area contributed by atoms with Gasteiger partial charge >= 0.3 is 0 Å². The molecule has 0 unspecified atom stereocenters. The first-order valence-corrected chi connectivity index (χ1v) is 5.94. The van der Waals surface area contributed by atoms with Gasteiger partial charge in [-0.1, -0.05) is 18.2 Å². The van der Waals surface area contributed by atoms with Crippen LogP contribution in [0.5, 0.6) is 0 Å². The number of benzene rings is 2. The molecule has 3 rings (SSSR count). The molecule has 0 N–H and O–H groups in total. The van der Waals surface area contributed by atoms with Crippen LogP contribution in [0.4, 0.5) is 4.39 Å². The lowest BCUT2D eigenvalue weighted by Crippen LogP contribution is -1.96. The quantitative estimate of drug-likeness (QED) is 0.633. The predicted molar refractivity (Wildman–Crippen MR) is 71.6 cm³/mol. The van der Waals surface area contributed by atoms with Crippen LogP contribution in [0.15, 0.2) is 52.9 Å². The van der Waals surface area contributed by atoms with Crippen LogP contribution in [0.2, 0.25) is 0 Å². The summed E-state index contributed by atoms with van der Waals surface area (Å²) in [4.78, 5) is 11.6. The summed E-state index contributed by atoms with van der Waals surface area (Å²) in [5.74, 6) is 0.00168. The summed E-state index contributed by atoms with van der Waals surface area (Å²) >= 11 is 0. The first-order chi connectivity index (χ1) is 9.15. The molecular formula is C16H11FO2. The zero-order valence-corrected chi connectivity index (χ0v) is 10.3. The molecule has 2 nitrogen and oxygen atoms in total. The standard InChI is InChI=1S/C16H11FO2/c1-10(18)13-7-6-12(17)9-14(13)16-8-11-4-2-3-5-15(11)19-16/h2-9H,1H3. The van der Waals surface area contributed by atoms with E-state index in [-0.39, 0.29) is 11.6 Å². The van der Waals surface area contributed by atoms with Crippen LogP contribution in [0, 0.1) is 5.82 Å². The molecule has 3 aromatic rings. The molecule has 0 fully saturated rings. The zero-order valence-electron chi connectivity index (χ0n) is 10.3. The van der Waals surface area contributed by atoms with E-state index in [1.54, 1.807) is 0 Å². The first-order valence-electron chi connectivity index (χ1n) is 5.94. The molecule has 1 heterocycles. The molecule has 19 heavy (non-hydrogen) atoms. The molecule has 0 bridgehead atoms. The Bertz CT molecular complexity index is 738. The van der Waals surface area contributed by atoms with Crippen LogP contribution in [-0.4, -0.2) is 5.78 Å². The first kappa shape index (κ1) is 11.7. The van der Waals surface area contributed by atoms with Gasteiger partial charge in [0.05, 0.1) is 0 Å². The monoisotopic (exact) mass is 254 g/mol. The number of carbonyl (C=O) groups excluding carboxylic acids is 1. The number of halogens is 1. The van der Waals surface area contributed by atoms with Crippen molar-refractivity contribution in [2.24, 2.45) is 0 Å². The molecular weight excluding hydrogens is 243 g/mol. The van der Waals surface area contributed by atoms with Gasteiger partial charge in [0.25, 0.3) is 0 Å². The fourth-order valence-electron chi connectivity index (χ4n) is 2.14. The lowest BCUT2D eigenvalue weighted by molar-refractivity contribution is 0.101. The lowest BCUT2D eigenvalue weighted by atomic mass is 10.0. The van der Waals surface area contributed by atoms with Crippen molar-refractivity contribution in [3.63, 3.8) is 0 Å². The number of para-hydroxylation sites is 1. The van der Waals surface area contributed by atoms with Gasteiger partial charge in [0.2, 0.25) is 0 Å². The van der Waals surface area contributed by atoms with Crippen molar-refractivity contribution in [2.75, 3.05) is 0 Å². The highest BCUT2D eigenvalue weighted by molar-refractivity contribution is 6.01. The minimum absolute atomic E-state index is 0.115. The summed E-state index contributed by atoms with van der Waals surface area (Å²) in [7, 11) is 0. The summed E-state index contributed by atoms with van der Waals surface area (Å²) in [5, 5.41) is 0.927. The maximum absolute atomic E-state index is 13.4. The molecule has 94 valence electrons. The minimum atomic E-state index is -0.388. The van der Waals surface area contributed by atoms with Gasteiger partial charge in [-0.3, -0.25) is 4.79 Å². The molecule has 0 aliphatic heterocycles. The summed E-state index contributed by atoms with van der Waals surface area (Å²) < 4.78 is 19.1. The van der Waals surface area contributed by atoms with E-state index < -0.39 is 0 Å². The average molecular weight is 254 g/mol. The van der Waals surface area contributed by atoms with E-state index in [4.69, 9.17) is 4.42 Å². The van der Waals surface area contributed by atoms with E-state index in [0.717, 1.165) is 11.0 Å². The number of hydrogen-bond acceptors (Lipinski definition) is 2. The number of rotatable bonds is 2. The smallest absolute Gasteiger partial charge is 0.160 e. The number of furan rings is 1. The van der Waals surface area contributed by atoms with E-state index in [1.807, 2.05) is 30.3 Å². The molecule has 2 aromatic carbocycles. The van der Waals surface area contributed by atoms with Gasteiger partial charge in [0.1, 0.15) is 17.2 Å². The number of fused-ring (bicyclic) bond motifs is 1. The lowest BCUT2D eigenvalue weighted by Gasteiger charge is -2.03. The Balaban J connectivity index is 2.25. The van der Waals surface area contributed by atoms with Crippen molar-refractivity contribution in [1.82, 2.24) is 0 Å². The Labute approximate surface area is 109 Å². The Hall–Kier alpha value is -2.42. The van der Waals surface area contributed by atoms with Crippen LogP contribution < -0.4 is 0 Å². The maximum atomic E-state index is 13.4. The van der Waals surface area contributed by atoms with Gasteiger partial charge in [-0.25, -0.2) is 4.39 Å². The van der Waals surface area contributed by atoms with E-state index in [1.165, 1.54) is 25.1 Å². The third-order valence-corrected chi connectivity index (χ3v) is 3.05. The normalized spacial score (nSPS) is 10.8. The van der Waals surface area contributed by atoms with E-state index in [9.17, 15) is 9.18 Å². The molecule has 0 amide bonds. The molecule has 0 radical (unpaired) electrons. The topological polar surface area (TPSA) is 30.2 Å². The molecule has 1 aromatic heterocycles. The zero-order chi connectivity index (χ0) is 13.4. The number of carbonyl (C=O) groups is 1. The summed E-state index contributed by atoms with van der Waals surface area (Å²) in [5.41, 5.74) is 1.67. The van der Waals surface area contributed by atoms with Gasteiger partial charge < -0.3 is 4.42 Å². The molecule has 0 aliphatic rings. The Morgan fingerprint density at radius 3 is 2.63 bits per heavy atom. The van der Waals surface area contributed by atoms with Crippen molar-refractivity contribution in [1.29, 1.82) is 0 Å². The number of hydrogen-bond donors (Lipinski definition) is 0. The largest absolute Gasteiger partial charge is 0.456 e. The van der Waals surface area contributed by atoms with Crippen molar-refractivity contribution >= 4 is 16.8 Å². The molecule has 3 heteroatoms. The van der Waals surface area contributed by atoms with E-state index in [2.05, 4.69) is 0 Å². The predicted octanol–water partition coefficient (Wildman–Crippen LogP) is 4.44. The summed E-state index contributed by atoms with van der Waals surface area (Å²) in [6.45, 7) is 1.46. The van der Waals surface area contributed by atoms with Crippen molar-refractivity contribution in [2.45, 2.75) is 6.92 Å². The fourth-order valence-corrected chi connectivity index (χ4v) is 2.14. The van der Waals surface area contributed by atoms with Crippen molar-refractivity contribution in [3.8, 4) is 11.3 Å². The number of ketones is 1. The Morgan fingerprint density at radius 2 is 1.89 bits per heavy atom. The Morgan fingerprint density at radius 1 is 1.11 bits per heavy atom. The average Bonchev–Trinajstić information content (AvgIpc) is 2.81. The van der Waals surface area contributed by atoms with Crippen LogP contribution >= 0.6 is 0 Å². The van der Waals surface area contributed by atoms with Gasteiger partial charge in [-0.05, 0) is 37.3 Å². The second-order valence-electron chi connectivity index (χ2n) is 4.39. The molecule has 0 saturated carbocycles. The second kappa shape index (κ2) is 4.35. The van der Waals surface area contributed by atoms with Crippen molar-refractivity contribution in [3.05, 3.63) is 59.9 Å². The van der Waals surface area contributed by atoms with Gasteiger partial charge in [-0.2, -0.15) is 0 Å². The van der Waals surface area contributed by atoms with Crippen LogP contribution in [0.3, 0.4) is 0 Å². The molecule has 0 atom stereocenters. The van der Waals surface area contributed by atoms with Crippen molar-refractivity contribution < 1.29 is 13.6 Å². The van der Waals surface area contributed by atoms with Gasteiger partial charge in [-0.15, -0.1) is 0 Å². The summed E-state index contributed by atoms with van der Waals surface area (Å²) in [6.07, 6.45) is 0. The van der Waals surface area contributed by atoms with Crippen LogP contribution in [-0.2, 0) is 0 Å². The van der Waals surface area contributed by atoms with Gasteiger partial charge in [0.15, 0.2) is 5.78 Å². The Kier molecular flexibility index (Phi) is 2.67. The van der Waals surface area contributed by atoms with Crippen LogP contribution in [0.1, 0.15) is 17.3 Å². The third kappa shape index (κ3) is 2.03. The van der Waals surface area contributed by atoms with Gasteiger partial charge in [0, 0.05) is 16.5 Å². The SMILES string of the molecule is CC(=O)c1ccc(F)cc1-c1cc2ccccc2o1. The van der Waals surface area contributed by atoms with E-state index in [0.29, 0.717) is 16.9 Å². The fraction of sp³-hybridized carbons (Fsp3) is 0.0625. The third-order valence-electron chi connectivity index (χ3n) is 3.05. The molecule has 0 spiro atoms. The van der Waals surface area contributed by atoms with Crippen LogP contribution in [0.25, 0.3) is 22.3 Å². The highest BCUT2D eigenvalue weighted by atomic mass is 19.1. The summed E-state index contributed by atoms with van der Waals surface area (Å²) in [6, 6.07) is 13.4.